The Hall–Kier alpha value is -3.20. The van der Waals surface area contributed by atoms with E-state index in [-0.39, 0.29) is 16.7 Å². The molecule has 0 bridgehead atoms. The lowest BCUT2D eigenvalue weighted by molar-refractivity contribution is -0.704. The molecule has 0 aliphatic heterocycles. The summed E-state index contributed by atoms with van der Waals surface area (Å²) in [4.78, 5) is 24.4. The quantitative estimate of drug-likeness (QED) is 0.465. The third-order valence-electron chi connectivity index (χ3n) is 3.92. The van der Waals surface area contributed by atoms with Gasteiger partial charge in [-0.05, 0) is 40.8 Å². The predicted molar refractivity (Wildman–Crippen MR) is 104 cm³/mol. The molecule has 0 radical (unpaired) electrons. The predicted octanol–water partition coefficient (Wildman–Crippen LogP) is 2.30. The van der Waals surface area contributed by atoms with E-state index in [9.17, 15) is 9.59 Å². The van der Waals surface area contributed by atoms with E-state index in [2.05, 4.69) is 10.6 Å². The van der Waals surface area contributed by atoms with Gasteiger partial charge in [-0.15, -0.1) is 0 Å². The summed E-state index contributed by atoms with van der Waals surface area (Å²) >= 11 is 1.07. The number of hydrogen-bond acceptors (Lipinski definition) is 6. The van der Waals surface area contributed by atoms with E-state index >= 15 is 0 Å². The summed E-state index contributed by atoms with van der Waals surface area (Å²) in [5.41, 5.74) is 1.77. The standard InChI is InChI=1S/C19H19N3O5S/c1-12-4-6-13(7-5-12)22-18(19(24)27-21-22)28-11-17(23)20-15-10-14(25-2)8-9-16(15)26-3/h4-10H,11H2,1-3H3,(H-,20,21,23,24)/p+1. The molecule has 9 heteroatoms. The van der Waals surface area contributed by atoms with Crippen LogP contribution in [0.1, 0.15) is 5.56 Å². The summed E-state index contributed by atoms with van der Waals surface area (Å²) in [5, 5.41) is 5.60. The molecule has 1 heterocycles. The van der Waals surface area contributed by atoms with E-state index in [1.165, 1.54) is 18.9 Å². The molecule has 28 heavy (non-hydrogen) atoms. The first-order chi connectivity index (χ1) is 13.5. The van der Waals surface area contributed by atoms with Gasteiger partial charge in [0.05, 0.1) is 25.7 Å². The number of carbonyl (C=O) groups excluding carboxylic acids is 1. The minimum Gasteiger partial charge on any atom is -0.497 e. The fraction of sp³-hybridized carbons (Fsp3) is 0.211. The minimum atomic E-state index is -0.544. The summed E-state index contributed by atoms with van der Waals surface area (Å²) in [6, 6.07) is 12.6. The number of aromatic nitrogens is 2. The maximum absolute atomic E-state index is 12.4. The van der Waals surface area contributed by atoms with Crippen molar-refractivity contribution in [2.24, 2.45) is 0 Å². The van der Waals surface area contributed by atoms with Crippen LogP contribution in [0.15, 0.2) is 56.8 Å². The van der Waals surface area contributed by atoms with Crippen LogP contribution in [0.25, 0.3) is 5.69 Å². The van der Waals surface area contributed by atoms with E-state index in [1.807, 2.05) is 31.2 Å². The van der Waals surface area contributed by atoms with Gasteiger partial charge in [0, 0.05) is 18.2 Å². The fourth-order valence-electron chi connectivity index (χ4n) is 2.48. The number of nitrogens with zero attached hydrogens (tertiary/aromatic N) is 1. The number of methoxy groups -OCH3 is 2. The zero-order valence-corrected chi connectivity index (χ0v) is 16.5. The Morgan fingerprint density at radius 3 is 2.61 bits per heavy atom. The molecule has 3 aromatic rings. The van der Waals surface area contributed by atoms with Gasteiger partial charge in [-0.1, -0.05) is 17.7 Å². The monoisotopic (exact) mass is 402 g/mol. The minimum absolute atomic E-state index is 0.00877. The number of benzene rings is 2. The largest absolute Gasteiger partial charge is 0.497 e. The SMILES string of the molecule is COc1ccc(OC)c(NC(=O)CSc2c(=O)o[nH][n+]2-c2ccc(C)cc2)c1. The third kappa shape index (κ3) is 4.37. The number of thioether (sulfide) groups is 1. The number of rotatable bonds is 7. The molecule has 0 saturated heterocycles. The highest BCUT2D eigenvalue weighted by Crippen LogP contribution is 2.29. The Kier molecular flexibility index (Phi) is 6.05. The van der Waals surface area contributed by atoms with E-state index in [1.54, 1.807) is 18.2 Å². The Morgan fingerprint density at radius 1 is 1.18 bits per heavy atom. The molecule has 0 unspecified atom stereocenters. The molecule has 3 rings (SSSR count). The van der Waals surface area contributed by atoms with Gasteiger partial charge in [-0.3, -0.25) is 9.32 Å². The second-order valence-electron chi connectivity index (χ2n) is 5.86. The first-order valence-electron chi connectivity index (χ1n) is 8.37. The molecule has 1 aromatic heterocycles. The Labute approximate surface area is 165 Å². The summed E-state index contributed by atoms with van der Waals surface area (Å²) in [5.74, 6) is 0.810. The molecule has 146 valence electrons. The van der Waals surface area contributed by atoms with Gasteiger partial charge >= 0.3 is 10.7 Å². The second-order valence-corrected chi connectivity index (χ2v) is 6.82. The number of anilines is 1. The molecule has 8 nitrogen and oxygen atoms in total. The zero-order chi connectivity index (χ0) is 20.1. The Morgan fingerprint density at radius 2 is 1.93 bits per heavy atom. The van der Waals surface area contributed by atoms with Crippen molar-refractivity contribution in [3.63, 3.8) is 0 Å². The summed E-state index contributed by atoms with van der Waals surface area (Å²) < 4.78 is 16.8. The van der Waals surface area contributed by atoms with Gasteiger partial charge in [-0.2, -0.15) is 0 Å². The smallest absolute Gasteiger partial charge is 0.442 e. The van der Waals surface area contributed by atoms with Crippen molar-refractivity contribution in [2.45, 2.75) is 11.9 Å². The lowest BCUT2D eigenvalue weighted by Gasteiger charge is -2.11. The highest BCUT2D eigenvalue weighted by molar-refractivity contribution is 7.99. The second kappa shape index (κ2) is 8.66. The maximum atomic E-state index is 12.4. The molecule has 0 spiro atoms. The molecular weight excluding hydrogens is 382 g/mol. The van der Waals surface area contributed by atoms with Crippen molar-refractivity contribution in [3.8, 4) is 17.2 Å². The first kappa shape index (κ1) is 19.6. The van der Waals surface area contributed by atoms with Crippen LogP contribution >= 0.6 is 11.8 Å². The summed E-state index contributed by atoms with van der Waals surface area (Å²) in [6.07, 6.45) is 0. The van der Waals surface area contributed by atoms with Crippen molar-refractivity contribution < 1.29 is 23.5 Å². The number of aryl methyl sites for hydroxylation is 1. The molecule has 0 atom stereocenters. The van der Waals surface area contributed by atoms with Gasteiger partial charge in [0.2, 0.25) is 11.6 Å². The molecule has 0 fully saturated rings. The van der Waals surface area contributed by atoms with E-state index < -0.39 is 5.63 Å². The van der Waals surface area contributed by atoms with Crippen LogP contribution in [0.4, 0.5) is 5.69 Å². The van der Waals surface area contributed by atoms with Gasteiger partial charge in [0.15, 0.2) is 0 Å². The zero-order valence-electron chi connectivity index (χ0n) is 15.6. The number of aromatic amines is 1. The van der Waals surface area contributed by atoms with Crippen LogP contribution in [-0.4, -0.2) is 31.2 Å². The first-order valence-corrected chi connectivity index (χ1v) is 9.35. The van der Waals surface area contributed by atoms with Crippen molar-refractivity contribution in [2.75, 3.05) is 25.3 Å². The van der Waals surface area contributed by atoms with Crippen LogP contribution < -0.4 is 25.1 Å². The lowest BCUT2D eigenvalue weighted by Crippen LogP contribution is -2.36. The molecule has 0 saturated carbocycles. The third-order valence-corrected chi connectivity index (χ3v) is 4.95. The van der Waals surface area contributed by atoms with Crippen molar-refractivity contribution >= 4 is 23.4 Å². The van der Waals surface area contributed by atoms with Crippen molar-refractivity contribution in [1.29, 1.82) is 0 Å². The lowest BCUT2D eigenvalue weighted by atomic mass is 10.2. The maximum Gasteiger partial charge on any atom is 0.442 e. The normalized spacial score (nSPS) is 10.5. The number of amides is 1. The van der Waals surface area contributed by atoms with Crippen LogP contribution in [0.3, 0.4) is 0 Å². The summed E-state index contributed by atoms with van der Waals surface area (Å²) in [7, 11) is 3.06. The van der Waals surface area contributed by atoms with Crippen molar-refractivity contribution in [1.82, 2.24) is 5.27 Å². The number of hydrogen-bond donors (Lipinski definition) is 2. The topological polar surface area (TPSA) is 97.4 Å². The molecular formula is C19H20N3O5S+. The van der Waals surface area contributed by atoms with E-state index in [0.717, 1.165) is 23.0 Å². The number of ether oxygens (including phenoxy) is 2. The highest BCUT2D eigenvalue weighted by Gasteiger charge is 2.25. The van der Waals surface area contributed by atoms with Crippen LogP contribution in [-0.2, 0) is 4.79 Å². The number of H-pyrrole nitrogens is 1. The molecule has 2 aromatic carbocycles. The average Bonchev–Trinajstić information content (AvgIpc) is 3.07. The van der Waals surface area contributed by atoms with Gasteiger partial charge in [-0.25, -0.2) is 4.79 Å². The Balaban J connectivity index is 1.73. The van der Waals surface area contributed by atoms with E-state index in [0.29, 0.717) is 17.2 Å². The van der Waals surface area contributed by atoms with Gasteiger partial charge < -0.3 is 14.8 Å². The highest BCUT2D eigenvalue weighted by atomic mass is 32.2. The van der Waals surface area contributed by atoms with Crippen LogP contribution in [0, 0.1) is 6.92 Å². The number of nitrogens with one attached hydrogen (secondary N) is 2. The van der Waals surface area contributed by atoms with Gasteiger partial charge in [0.25, 0.3) is 0 Å². The molecule has 2 N–H and O–H groups in total. The van der Waals surface area contributed by atoms with Crippen LogP contribution in [0.2, 0.25) is 0 Å². The van der Waals surface area contributed by atoms with Crippen molar-refractivity contribution in [3.05, 3.63) is 58.4 Å². The number of carbonyl (C=O) groups is 1. The molecule has 0 aliphatic rings. The van der Waals surface area contributed by atoms with Gasteiger partial charge in [0.1, 0.15) is 11.5 Å². The van der Waals surface area contributed by atoms with E-state index in [4.69, 9.17) is 14.0 Å². The van der Waals surface area contributed by atoms with Crippen LogP contribution in [0.5, 0.6) is 11.5 Å². The average molecular weight is 402 g/mol. The molecule has 0 aliphatic carbocycles. The Bertz CT molecular complexity index is 1030. The molecule has 1 amide bonds. The fourth-order valence-corrected chi connectivity index (χ4v) is 3.25. The summed E-state index contributed by atoms with van der Waals surface area (Å²) in [6.45, 7) is 1.97.